The van der Waals surface area contributed by atoms with E-state index in [9.17, 15) is 13.2 Å². The van der Waals surface area contributed by atoms with E-state index in [1.807, 2.05) is 30.3 Å². The fourth-order valence-electron chi connectivity index (χ4n) is 2.47. The zero-order chi connectivity index (χ0) is 15.7. The van der Waals surface area contributed by atoms with Gasteiger partial charge in [-0.15, -0.1) is 0 Å². The molecule has 2 aromatic rings. The molecule has 1 aliphatic carbocycles. The summed E-state index contributed by atoms with van der Waals surface area (Å²) in [6.07, 6.45) is 2.00. The van der Waals surface area contributed by atoms with Gasteiger partial charge in [-0.25, -0.2) is 13.1 Å². The molecule has 1 saturated carbocycles. The van der Waals surface area contributed by atoms with E-state index in [-0.39, 0.29) is 6.04 Å². The molecule has 0 bridgehead atoms. The Balaban J connectivity index is 1.80. The summed E-state index contributed by atoms with van der Waals surface area (Å²) in [4.78, 5) is 12.0. The van der Waals surface area contributed by atoms with Crippen LogP contribution < -0.4 is 10.0 Å². The number of benzene rings is 1. The Labute approximate surface area is 128 Å². The van der Waals surface area contributed by atoms with Gasteiger partial charge in [0.1, 0.15) is 17.1 Å². The Hall–Kier alpha value is -1.86. The van der Waals surface area contributed by atoms with Crippen molar-refractivity contribution in [1.29, 1.82) is 0 Å². The molecule has 0 radical (unpaired) electrons. The fraction of sp³-hybridized carbons (Fsp3) is 0.400. The molecular weight excluding hydrogens is 304 g/mol. The summed E-state index contributed by atoms with van der Waals surface area (Å²) in [6.45, 7) is 0. The zero-order valence-electron chi connectivity index (χ0n) is 12.2. The van der Waals surface area contributed by atoms with Crippen molar-refractivity contribution < 1.29 is 17.6 Å². The third-order valence-corrected chi connectivity index (χ3v) is 5.06. The zero-order valence-corrected chi connectivity index (χ0v) is 13.0. The van der Waals surface area contributed by atoms with Gasteiger partial charge in [-0.2, -0.15) is 0 Å². The first kappa shape index (κ1) is 15.1. The van der Waals surface area contributed by atoms with Gasteiger partial charge in [0.05, 0.1) is 6.04 Å². The van der Waals surface area contributed by atoms with E-state index in [2.05, 4.69) is 10.0 Å². The van der Waals surface area contributed by atoms with Gasteiger partial charge in [-0.1, -0.05) is 18.2 Å². The molecular formula is C15H18N2O4S. The molecule has 0 spiro atoms. The molecule has 1 fully saturated rings. The number of sulfonamides is 1. The standard InChI is InChI=1S/C15H18N2O4S/c1-16-22(19,20)9-14(18)17-15(10-6-7-10)13-8-11-4-2-3-5-12(11)21-13/h2-5,8,10,15-16H,6-7,9H2,1H3,(H,17,18). The van der Waals surface area contributed by atoms with Gasteiger partial charge < -0.3 is 9.73 Å². The van der Waals surface area contributed by atoms with E-state index in [0.29, 0.717) is 11.7 Å². The molecule has 1 aliphatic rings. The van der Waals surface area contributed by atoms with Crippen LogP contribution in [0.4, 0.5) is 0 Å². The lowest BCUT2D eigenvalue weighted by Gasteiger charge is -2.15. The van der Waals surface area contributed by atoms with Crippen LogP contribution in [0, 0.1) is 5.92 Å². The van der Waals surface area contributed by atoms with Crippen LogP contribution in [0.25, 0.3) is 11.0 Å². The van der Waals surface area contributed by atoms with Gasteiger partial charge in [0.2, 0.25) is 15.9 Å². The largest absolute Gasteiger partial charge is 0.459 e. The molecule has 1 unspecified atom stereocenters. The number of nitrogens with one attached hydrogen (secondary N) is 2. The van der Waals surface area contributed by atoms with Gasteiger partial charge in [-0.3, -0.25) is 4.79 Å². The van der Waals surface area contributed by atoms with Crippen LogP contribution in [0.1, 0.15) is 24.6 Å². The second kappa shape index (κ2) is 5.73. The molecule has 0 saturated heterocycles. The fourth-order valence-corrected chi connectivity index (χ4v) is 3.04. The van der Waals surface area contributed by atoms with Crippen molar-refractivity contribution in [3.63, 3.8) is 0 Å². The highest BCUT2D eigenvalue weighted by atomic mass is 32.2. The number of carbonyl (C=O) groups excluding carboxylic acids is 1. The van der Waals surface area contributed by atoms with Gasteiger partial charge in [0.15, 0.2) is 0 Å². The number of hydrogen-bond donors (Lipinski definition) is 2. The first-order chi connectivity index (χ1) is 10.5. The maximum atomic E-state index is 12.0. The highest BCUT2D eigenvalue weighted by molar-refractivity contribution is 7.90. The summed E-state index contributed by atoms with van der Waals surface area (Å²) in [7, 11) is -2.28. The molecule has 118 valence electrons. The molecule has 1 aromatic carbocycles. The minimum atomic E-state index is -3.57. The number of carbonyl (C=O) groups is 1. The SMILES string of the molecule is CNS(=O)(=O)CC(=O)NC(c1cc2ccccc2o1)C1CC1. The third kappa shape index (κ3) is 3.31. The predicted octanol–water partition coefficient (Wildman–Crippen LogP) is 1.55. The van der Waals surface area contributed by atoms with Crippen LogP contribution in [0.15, 0.2) is 34.7 Å². The lowest BCUT2D eigenvalue weighted by molar-refractivity contribution is -0.119. The molecule has 22 heavy (non-hydrogen) atoms. The number of furan rings is 1. The van der Waals surface area contributed by atoms with Crippen molar-refractivity contribution in [3.05, 3.63) is 36.1 Å². The first-order valence-electron chi connectivity index (χ1n) is 7.17. The van der Waals surface area contributed by atoms with E-state index < -0.39 is 21.7 Å². The topological polar surface area (TPSA) is 88.4 Å². The summed E-state index contributed by atoms with van der Waals surface area (Å²) < 4.78 is 30.9. The highest BCUT2D eigenvalue weighted by Gasteiger charge is 2.36. The lowest BCUT2D eigenvalue weighted by Crippen LogP contribution is -2.37. The smallest absolute Gasteiger partial charge is 0.237 e. The van der Waals surface area contributed by atoms with Gasteiger partial charge in [0, 0.05) is 5.39 Å². The van der Waals surface area contributed by atoms with E-state index >= 15 is 0 Å². The van der Waals surface area contributed by atoms with Crippen LogP contribution >= 0.6 is 0 Å². The molecule has 3 rings (SSSR count). The van der Waals surface area contributed by atoms with Crippen molar-refractivity contribution in [2.75, 3.05) is 12.8 Å². The van der Waals surface area contributed by atoms with E-state index in [1.165, 1.54) is 7.05 Å². The summed E-state index contributed by atoms with van der Waals surface area (Å²) in [5, 5.41) is 3.77. The Bertz CT molecular complexity index is 760. The van der Waals surface area contributed by atoms with E-state index in [1.54, 1.807) is 0 Å². The van der Waals surface area contributed by atoms with Crippen LogP contribution in [-0.4, -0.2) is 27.1 Å². The average molecular weight is 322 g/mol. The Kier molecular flexibility index (Phi) is 3.92. The van der Waals surface area contributed by atoms with Gasteiger partial charge >= 0.3 is 0 Å². The summed E-state index contributed by atoms with van der Waals surface area (Å²) in [5.74, 6) is -0.111. The molecule has 6 nitrogen and oxygen atoms in total. The number of fused-ring (bicyclic) bond motifs is 1. The molecule has 2 N–H and O–H groups in total. The summed E-state index contributed by atoms with van der Waals surface area (Å²) in [5.41, 5.74) is 0.764. The molecule has 1 heterocycles. The van der Waals surface area contributed by atoms with Crippen molar-refractivity contribution >= 4 is 26.9 Å². The molecule has 1 aromatic heterocycles. The second-order valence-corrected chi connectivity index (χ2v) is 7.46. The van der Waals surface area contributed by atoms with Gasteiger partial charge in [0.25, 0.3) is 0 Å². The van der Waals surface area contributed by atoms with Crippen LogP contribution in [-0.2, 0) is 14.8 Å². The Morgan fingerprint density at radius 1 is 1.36 bits per heavy atom. The second-order valence-electron chi connectivity index (χ2n) is 5.53. The van der Waals surface area contributed by atoms with Crippen LogP contribution in [0.5, 0.6) is 0 Å². The Morgan fingerprint density at radius 3 is 2.73 bits per heavy atom. The quantitative estimate of drug-likeness (QED) is 0.844. The summed E-state index contributed by atoms with van der Waals surface area (Å²) >= 11 is 0. The average Bonchev–Trinajstić information content (AvgIpc) is 3.22. The van der Waals surface area contributed by atoms with Crippen LogP contribution in [0.2, 0.25) is 0 Å². The number of amides is 1. The molecule has 0 aliphatic heterocycles. The van der Waals surface area contributed by atoms with Crippen molar-refractivity contribution in [2.24, 2.45) is 5.92 Å². The Morgan fingerprint density at radius 2 is 2.09 bits per heavy atom. The highest BCUT2D eigenvalue weighted by Crippen LogP contribution is 2.42. The number of para-hydroxylation sites is 1. The normalized spacial score (nSPS) is 16.6. The molecule has 7 heteroatoms. The maximum Gasteiger partial charge on any atom is 0.237 e. The van der Waals surface area contributed by atoms with Crippen LogP contribution in [0.3, 0.4) is 0 Å². The van der Waals surface area contributed by atoms with E-state index in [4.69, 9.17) is 4.42 Å². The first-order valence-corrected chi connectivity index (χ1v) is 8.83. The minimum absolute atomic E-state index is 0.271. The van der Waals surface area contributed by atoms with E-state index in [0.717, 1.165) is 23.8 Å². The predicted molar refractivity (Wildman–Crippen MR) is 82.7 cm³/mol. The van der Waals surface area contributed by atoms with Crippen molar-refractivity contribution in [1.82, 2.24) is 10.0 Å². The molecule has 1 atom stereocenters. The third-order valence-electron chi connectivity index (χ3n) is 3.79. The van der Waals surface area contributed by atoms with Crippen molar-refractivity contribution in [2.45, 2.75) is 18.9 Å². The van der Waals surface area contributed by atoms with Crippen molar-refractivity contribution in [3.8, 4) is 0 Å². The maximum absolute atomic E-state index is 12.0. The number of rotatable bonds is 6. The minimum Gasteiger partial charge on any atom is -0.459 e. The monoisotopic (exact) mass is 322 g/mol. The molecule has 1 amide bonds. The van der Waals surface area contributed by atoms with Gasteiger partial charge in [-0.05, 0) is 37.9 Å². The lowest BCUT2D eigenvalue weighted by atomic mass is 10.1. The summed E-state index contributed by atoms with van der Waals surface area (Å²) in [6, 6.07) is 9.26. The number of hydrogen-bond acceptors (Lipinski definition) is 4.